The summed E-state index contributed by atoms with van der Waals surface area (Å²) < 4.78 is 4.84. The zero-order chi connectivity index (χ0) is 15.2. The van der Waals surface area contributed by atoms with E-state index in [1.807, 2.05) is 0 Å². The molecule has 0 radical (unpaired) electrons. The average molecular weight is 289 g/mol. The van der Waals surface area contributed by atoms with E-state index in [-0.39, 0.29) is 11.5 Å². The Balaban J connectivity index is 1.95. The standard InChI is InChI=1S/C12H11N5O4/c1-21-11-7-6-10(15-16-11)14-12(18)13-8-2-4-9(5-3-8)17(19)20/h2-7H,1H3,(H2,13,14,15,18). The molecule has 0 bridgehead atoms. The van der Waals surface area contributed by atoms with Crippen molar-refractivity contribution in [2.75, 3.05) is 17.7 Å². The molecule has 0 aliphatic carbocycles. The van der Waals surface area contributed by atoms with Crippen LogP contribution in [0.2, 0.25) is 0 Å². The molecule has 1 heterocycles. The Labute approximate surface area is 119 Å². The Bertz CT molecular complexity index is 642. The van der Waals surface area contributed by atoms with Gasteiger partial charge in [0.15, 0.2) is 5.82 Å². The minimum absolute atomic E-state index is 0.0537. The molecule has 0 saturated carbocycles. The second kappa shape index (κ2) is 6.28. The van der Waals surface area contributed by atoms with Crippen LogP contribution in [0.15, 0.2) is 36.4 Å². The fraction of sp³-hybridized carbons (Fsp3) is 0.0833. The van der Waals surface area contributed by atoms with Crippen molar-refractivity contribution in [3.63, 3.8) is 0 Å². The third-order valence-corrected chi connectivity index (χ3v) is 2.43. The fourth-order valence-corrected chi connectivity index (χ4v) is 1.44. The summed E-state index contributed by atoms with van der Waals surface area (Å²) >= 11 is 0. The van der Waals surface area contributed by atoms with Gasteiger partial charge in [-0.1, -0.05) is 0 Å². The second-order valence-electron chi connectivity index (χ2n) is 3.84. The molecule has 2 N–H and O–H groups in total. The maximum Gasteiger partial charge on any atom is 0.324 e. The van der Waals surface area contributed by atoms with Crippen molar-refractivity contribution < 1.29 is 14.5 Å². The summed E-state index contributed by atoms with van der Waals surface area (Å²) in [7, 11) is 1.46. The lowest BCUT2D eigenvalue weighted by atomic mass is 10.3. The monoisotopic (exact) mass is 289 g/mol. The molecule has 21 heavy (non-hydrogen) atoms. The summed E-state index contributed by atoms with van der Waals surface area (Å²) in [4.78, 5) is 21.7. The molecule has 1 aromatic heterocycles. The predicted octanol–water partition coefficient (Wildman–Crippen LogP) is 2.04. The molecule has 0 spiro atoms. The van der Waals surface area contributed by atoms with Crippen molar-refractivity contribution in [1.29, 1.82) is 0 Å². The number of anilines is 2. The number of hydrogen-bond acceptors (Lipinski definition) is 6. The number of nitrogens with one attached hydrogen (secondary N) is 2. The Hall–Kier alpha value is -3.23. The van der Waals surface area contributed by atoms with E-state index in [2.05, 4.69) is 20.8 Å². The van der Waals surface area contributed by atoms with Crippen LogP contribution in [0.25, 0.3) is 0 Å². The van der Waals surface area contributed by atoms with Crippen molar-refractivity contribution >= 4 is 23.2 Å². The van der Waals surface area contributed by atoms with Crippen molar-refractivity contribution in [3.8, 4) is 5.88 Å². The van der Waals surface area contributed by atoms with Gasteiger partial charge in [0.05, 0.1) is 12.0 Å². The molecule has 1 aromatic carbocycles. The fourth-order valence-electron chi connectivity index (χ4n) is 1.44. The quantitative estimate of drug-likeness (QED) is 0.656. The Morgan fingerprint density at radius 2 is 1.86 bits per heavy atom. The van der Waals surface area contributed by atoms with Crippen molar-refractivity contribution in [2.45, 2.75) is 0 Å². The van der Waals surface area contributed by atoms with Crippen LogP contribution in [0.1, 0.15) is 0 Å². The zero-order valence-electron chi connectivity index (χ0n) is 10.9. The largest absolute Gasteiger partial charge is 0.480 e. The molecule has 2 rings (SSSR count). The smallest absolute Gasteiger partial charge is 0.324 e. The zero-order valence-corrected chi connectivity index (χ0v) is 10.9. The summed E-state index contributed by atoms with van der Waals surface area (Å²) in [6, 6.07) is 7.99. The van der Waals surface area contributed by atoms with Crippen molar-refractivity contribution in [1.82, 2.24) is 10.2 Å². The highest BCUT2D eigenvalue weighted by molar-refractivity contribution is 5.99. The van der Waals surface area contributed by atoms with Gasteiger partial charge in [-0.05, 0) is 18.2 Å². The van der Waals surface area contributed by atoms with Crippen LogP contribution >= 0.6 is 0 Å². The number of amides is 2. The van der Waals surface area contributed by atoms with E-state index in [0.29, 0.717) is 11.6 Å². The van der Waals surface area contributed by atoms with E-state index in [0.717, 1.165) is 0 Å². The van der Waals surface area contributed by atoms with Crippen LogP contribution in [-0.4, -0.2) is 28.3 Å². The van der Waals surface area contributed by atoms with E-state index in [9.17, 15) is 14.9 Å². The van der Waals surface area contributed by atoms with Crippen LogP contribution in [0, 0.1) is 10.1 Å². The van der Waals surface area contributed by atoms with Gasteiger partial charge in [0.1, 0.15) is 0 Å². The Morgan fingerprint density at radius 1 is 1.14 bits per heavy atom. The third kappa shape index (κ3) is 3.86. The maximum atomic E-state index is 11.7. The molecule has 0 aliphatic rings. The van der Waals surface area contributed by atoms with E-state index in [1.54, 1.807) is 6.07 Å². The number of hydrogen-bond donors (Lipinski definition) is 2. The van der Waals surface area contributed by atoms with Crippen molar-refractivity contribution in [2.24, 2.45) is 0 Å². The number of rotatable bonds is 4. The van der Waals surface area contributed by atoms with E-state index in [1.165, 1.54) is 37.4 Å². The first kappa shape index (κ1) is 14.2. The highest BCUT2D eigenvalue weighted by Crippen LogP contribution is 2.15. The van der Waals surface area contributed by atoms with Crippen LogP contribution in [-0.2, 0) is 0 Å². The number of carbonyl (C=O) groups excluding carboxylic acids is 1. The topological polar surface area (TPSA) is 119 Å². The van der Waals surface area contributed by atoms with E-state index < -0.39 is 11.0 Å². The van der Waals surface area contributed by atoms with Gasteiger partial charge in [0, 0.05) is 23.9 Å². The first-order chi connectivity index (χ1) is 10.1. The minimum atomic E-state index is -0.539. The third-order valence-electron chi connectivity index (χ3n) is 2.43. The predicted molar refractivity (Wildman–Crippen MR) is 74.3 cm³/mol. The van der Waals surface area contributed by atoms with Gasteiger partial charge < -0.3 is 10.1 Å². The molecular weight excluding hydrogens is 278 g/mol. The molecule has 9 heteroatoms. The second-order valence-corrected chi connectivity index (χ2v) is 3.84. The number of methoxy groups -OCH3 is 1. The highest BCUT2D eigenvalue weighted by Gasteiger charge is 2.07. The first-order valence-corrected chi connectivity index (χ1v) is 5.78. The summed E-state index contributed by atoms with van der Waals surface area (Å²) in [6.07, 6.45) is 0. The molecule has 9 nitrogen and oxygen atoms in total. The number of nitrogens with zero attached hydrogens (tertiary/aromatic N) is 3. The Morgan fingerprint density at radius 3 is 2.38 bits per heavy atom. The van der Waals surface area contributed by atoms with Gasteiger partial charge >= 0.3 is 6.03 Å². The van der Waals surface area contributed by atoms with Gasteiger partial charge in [0.25, 0.3) is 5.69 Å². The summed E-state index contributed by atoms with van der Waals surface area (Å²) in [5.74, 6) is 0.575. The van der Waals surface area contributed by atoms with Gasteiger partial charge in [-0.3, -0.25) is 15.4 Å². The lowest BCUT2D eigenvalue weighted by Gasteiger charge is -2.06. The van der Waals surface area contributed by atoms with E-state index >= 15 is 0 Å². The van der Waals surface area contributed by atoms with Gasteiger partial charge in [0.2, 0.25) is 5.88 Å². The van der Waals surface area contributed by atoms with Gasteiger partial charge in [-0.2, -0.15) is 0 Å². The molecular formula is C12H11N5O4. The number of urea groups is 1. The number of nitro groups is 1. The number of aromatic nitrogens is 2. The molecule has 2 aromatic rings. The molecule has 0 fully saturated rings. The highest BCUT2D eigenvalue weighted by atomic mass is 16.6. The molecule has 0 aliphatic heterocycles. The van der Waals surface area contributed by atoms with Crippen LogP contribution in [0.3, 0.4) is 0 Å². The molecule has 108 valence electrons. The molecule has 0 unspecified atom stereocenters. The van der Waals surface area contributed by atoms with Crippen LogP contribution in [0.4, 0.5) is 22.0 Å². The summed E-state index contributed by atoms with van der Waals surface area (Å²) in [6.45, 7) is 0. The van der Waals surface area contributed by atoms with Gasteiger partial charge in [-0.15, -0.1) is 10.2 Å². The van der Waals surface area contributed by atoms with Gasteiger partial charge in [-0.25, -0.2) is 4.79 Å². The first-order valence-electron chi connectivity index (χ1n) is 5.78. The summed E-state index contributed by atoms with van der Waals surface area (Å²) in [5, 5.41) is 22.9. The minimum Gasteiger partial charge on any atom is -0.480 e. The molecule has 0 saturated heterocycles. The van der Waals surface area contributed by atoms with Crippen molar-refractivity contribution in [3.05, 3.63) is 46.5 Å². The summed E-state index contributed by atoms with van der Waals surface area (Å²) in [5.41, 5.74) is 0.363. The number of ether oxygens (including phenoxy) is 1. The lowest BCUT2D eigenvalue weighted by Crippen LogP contribution is -2.20. The molecule has 2 amide bonds. The molecule has 0 atom stereocenters. The SMILES string of the molecule is COc1ccc(NC(=O)Nc2ccc([N+](=O)[O-])cc2)nn1. The average Bonchev–Trinajstić information content (AvgIpc) is 2.48. The van der Waals surface area contributed by atoms with E-state index in [4.69, 9.17) is 4.74 Å². The normalized spacial score (nSPS) is 9.76. The Kier molecular flexibility index (Phi) is 4.24. The lowest BCUT2D eigenvalue weighted by molar-refractivity contribution is -0.384. The number of carbonyl (C=O) groups is 1. The van der Waals surface area contributed by atoms with Crippen LogP contribution < -0.4 is 15.4 Å². The maximum absolute atomic E-state index is 11.7. The van der Waals surface area contributed by atoms with Crippen LogP contribution in [0.5, 0.6) is 5.88 Å². The number of nitro benzene ring substituents is 1. The number of benzene rings is 1. The number of non-ortho nitro benzene ring substituents is 1.